The summed E-state index contributed by atoms with van der Waals surface area (Å²) >= 11 is 0. The summed E-state index contributed by atoms with van der Waals surface area (Å²) in [4.78, 5) is 30.6. The van der Waals surface area contributed by atoms with Crippen molar-refractivity contribution in [3.8, 4) is 0 Å². The SMILES string of the molecule is CCCCCCCCCCCCCCO[Si]([O-])([O-])[O-].[K+].[K+].[K+]. The number of hydrogen-bond acceptors (Lipinski definition) is 4. The number of unbranched alkanes of at least 4 members (excludes halogenated alkanes) is 11. The molecular weight excluding hydrogens is 378 g/mol. The molecule has 0 radical (unpaired) electrons. The summed E-state index contributed by atoms with van der Waals surface area (Å²) in [5.41, 5.74) is 0. The number of hydrogen-bond donors (Lipinski definition) is 0. The summed E-state index contributed by atoms with van der Waals surface area (Å²) in [6, 6.07) is 0. The first-order valence-corrected chi connectivity index (χ1v) is 9.45. The summed E-state index contributed by atoms with van der Waals surface area (Å²) in [5.74, 6) is 0. The van der Waals surface area contributed by atoms with Gasteiger partial charge >= 0.3 is 154 Å². The maximum absolute atomic E-state index is 10.2. The average Bonchev–Trinajstić information content (AvgIpc) is 2.34. The molecule has 0 unspecified atom stereocenters. The maximum Gasteiger partial charge on any atom is 1.00 e. The van der Waals surface area contributed by atoms with Gasteiger partial charge in [-0.3, -0.25) is 0 Å². The summed E-state index contributed by atoms with van der Waals surface area (Å²) < 4.78 is 4.19. The predicted octanol–water partition coefficient (Wildman–Crippen LogP) is -7.77. The van der Waals surface area contributed by atoms with Crippen LogP contribution < -0.4 is 169 Å². The second kappa shape index (κ2) is 26.0. The van der Waals surface area contributed by atoms with Gasteiger partial charge in [0.1, 0.15) is 0 Å². The third-order valence-corrected chi connectivity index (χ3v) is 3.83. The minimum Gasteiger partial charge on any atom is -0.861 e. The van der Waals surface area contributed by atoms with Crippen LogP contribution in [-0.4, -0.2) is 15.7 Å². The van der Waals surface area contributed by atoms with Crippen molar-refractivity contribution in [2.45, 2.75) is 84.0 Å². The molecule has 4 nitrogen and oxygen atoms in total. The van der Waals surface area contributed by atoms with Crippen molar-refractivity contribution in [2.75, 3.05) is 6.61 Å². The Balaban J connectivity index is -0.000000540. The van der Waals surface area contributed by atoms with Crippen molar-refractivity contribution in [3.05, 3.63) is 0 Å². The molecule has 0 heterocycles. The van der Waals surface area contributed by atoms with Gasteiger partial charge in [0.05, 0.1) is 0 Å². The van der Waals surface area contributed by atoms with Crippen LogP contribution in [0.5, 0.6) is 0 Å². The van der Waals surface area contributed by atoms with Gasteiger partial charge in [0.2, 0.25) is 0 Å². The molecule has 0 amide bonds. The first-order valence-electron chi connectivity index (χ1n) is 7.81. The Bertz CT molecular complexity index is 195. The fourth-order valence-corrected chi connectivity index (χ4v) is 2.53. The molecule has 0 aromatic rings. The van der Waals surface area contributed by atoms with Gasteiger partial charge in [-0.25, -0.2) is 0 Å². The van der Waals surface area contributed by atoms with Crippen molar-refractivity contribution in [3.63, 3.8) is 0 Å². The zero-order chi connectivity index (χ0) is 14.4. The van der Waals surface area contributed by atoms with Crippen molar-refractivity contribution < 1.29 is 173 Å². The van der Waals surface area contributed by atoms with Gasteiger partial charge in [-0.1, -0.05) is 77.6 Å². The molecule has 0 aliphatic rings. The molecule has 0 bridgehead atoms. The molecule has 0 atom stereocenters. The van der Waals surface area contributed by atoms with Crippen molar-refractivity contribution in [1.82, 2.24) is 0 Å². The van der Waals surface area contributed by atoms with Gasteiger partial charge in [-0.2, -0.15) is 0 Å². The molecule has 8 heteroatoms. The van der Waals surface area contributed by atoms with E-state index < -0.39 is 9.05 Å². The molecule has 22 heavy (non-hydrogen) atoms. The quantitative estimate of drug-likeness (QED) is 0.212. The van der Waals surface area contributed by atoms with E-state index in [2.05, 4.69) is 11.3 Å². The fraction of sp³-hybridized carbons (Fsp3) is 1.00. The van der Waals surface area contributed by atoms with Gasteiger partial charge < -0.3 is 18.8 Å². The van der Waals surface area contributed by atoms with Crippen LogP contribution in [0.3, 0.4) is 0 Å². The Morgan fingerprint density at radius 2 is 0.909 bits per heavy atom. The summed E-state index contributed by atoms with van der Waals surface area (Å²) in [7, 11) is -5.01. The van der Waals surface area contributed by atoms with Crippen LogP contribution in [0, 0.1) is 0 Å². The molecule has 0 saturated heterocycles. The fourth-order valence-electron chi connectivity index (χ4n) is 2.14. The minimum absolute atomic E-state index is 0. The van der Waals surface area contributed by atoms with E-state index in [1.807, 2.05) is 0 Å². The van der Waals surface area contributed by atoms with Gasteiger partial charge in [0.15, 0.2) is 0 Å². The van der Waals surface area contributed by atoms with Crippen molar-refractivity contribution in [2.24, 2.45) is 0 Å². The average molecular weight is 407 g/mol. The second-order valence-corrected chi connectivity index (χ2v) is 6.53. The number of rotatable bonds is 14. The standard InChI is InChI=1S/C14H29O4Si.3K/c1-2-3-4-5-6-7-8-9-10-11-12-13-14-18-19(15,16)17;;;/h2-14H2,1H3;;;/q-3;3*+1. The summed E-state index contributed by atoms with van der Waals surface area (Å²) in [6.07, 6.45) is 14.6. The predicted molar refractivity (Wildman–Crippen MR) is 72.8 cm³/mol. The minimum atomic E-state index is -5.01. The summed E-state index contributed by atoms with van der Waals surface area (Å²) in [6.45, 7) is 2.29. The molecule has 0 aromatic carbocycles. The largest absolute Gasteiger partial charge is 1.00 e. The third-order valence-electron chi connectivity index (χ3n) is 3.28. The topological polar surface area (TPSA) is 78.4 Å². The van der Waals surface area contributed by atoms with E-state index in [1.54, 1.807) is 0 Å². The van der Waals surface area contributed by atoms with Gasteiger partial charge in [-0.15, -0.1) is 9.05 Å². The molecule has 0 aliphatic heterocycles. The van der Waals surface area contributed by atoms with Crippen LogP contribution in [0.25, 0.3) is 0 Å². The van der Waals surface area contributed by atoms with E-state index in [0.29, 0.717) is 6.42 Å². The van der Waals surface area contributed by atoms with E-state index in [9.17, 15) is 14.4 Å². The Kier molecular flexibility index (Phi) is 40.7. The van der Waals surface area contributed by atoms with E-state index in [1.165, 1.54) is 57.8 Å². The van der Waals surface area contributed by atoms with Crippen molar-refractivity contribution in [1.29, 1.82) is 0 Å². The van der Waals surface area contributed by atoms with Gasteiger partial charge in [0, 0.05) is 6.61 Å². The van der Waals surface area contributed by atoms with Crippen LogP contribution in [0.15, 0.2) is 0 Å². The van der Waals surface area contributed by atoms with Gasteiger partial charge in [0.25, 0.3) is 0 Å². The first-order chi connectivity index (χ1) is 9.06. The molecular formula is C14H29K3O4Si. The summed E-state index contributed by atoms with van der Waals surface area (Å²) in [5, 5.41) is 0. The normalized spacial score (nSPS) is 10.4. The Hall–Kier alpha value is 4.97. The maximum atomic E-state index is 10.2. The van der Waals surface area contributed by atoms with E-state index in [0.717, 1.165) is 12.8 Å². The zero-order valence-electron chi connectivity index (χ0n) is 15.3. The zero-order valence-corrected chi connectivity index (χ0v) is 25.7. The van der Waals surface area contributed by atoms with Crippen molar-refractivity contribution >= 4 is 9.05 Å². The molecule has 0 aromatic heterocycles. The van der Waals surface area contributed by atoms with E-state index in [4.69, 9.17) is 0 Å². The molecule has 0 spiro atoms. The molecule has 116 valence electrons. The molecule has 0 N–H and O–H groups in total. The first kappa shape index (κ1) is 34.5. The van der Waals surface area contributed by atoms with Crippen LogP contribution >= 0.6 is 0 Å². The molecule has 0 saturated carbocycles. The van der Waals surface area contributed by atoms with E-state index >= 15 is 0 Å². The van der Waals surface area contributed by atoms with Crippen LogP contribution in [-0.2, 0) is 4.43 Å². The van der Waals surface area contributed by atoms with Crippen LogP contribution in [0.2, 0.25) is 0 Å². The Morgan fingerprint density at radius 3 is 1.23 bits per heavy atom. The molecule has 0 aliphatic carbocycles. The van der Waals surface area contributed by atoms with E-state index in [-0.39, 0.29) is 161 Å². The smallest absolute Gasteiger partial charge is 0.861 e. The molecule has 0 rings (SSSR count). The van der Waals surface area contributed by atoms with Crippen LogP contribution in [0.1, 0.15) is 84.0 Å². The monoisotopic (exact) mass is 406 g/mol. The third kappa shape index (κ3) is 32.6. The van der Waals surface area contributed by atoms with Gasteiger partial charge in [-0.05, 0) is 6.42 Å². The molecule has 0 fully saturated rings. The Morgan fingerprint density at radius 1 is 0.591 bits per heavy atom. The second-order valence-electron chi connectivity index (χ2n) is 5.24. The Labute approximate surface area is 266 Å². The van der Waals surface area contributed by atoms with Crippen LogP contribution in [0.4, 0.5) is 0 Å².